The minimum Gasteiger partial charge on any atom is -0.379 e. The number of ether oxygens (including phenoxy) is 1. The van der Waals surface area contributed by atoms with Crippen LogP contribution in [0.1, 0.15) is 36.0 Å². The van der Waals surface area contributed by atoms with Crippen LogP contribution in [0.15, 0.2) is 41.3 Å². The Morgan fingerprint density at radius 3 is 2.57 bits per heavy atom. The maximum atomic E-state index is 13.4. The largest absolute Gasteiger partial charge is 0.379 e. The molecule has 35 heavy (non-hydrogen) atoms. The highest BCUT2D eigenvalue weighted by molar-refractivity contribution is 7.99. The quantitative estimate of drug-likeness (QED) is 0.227. The molecule has 1 amide bonds. The summed E-state index contributed by atoms with van der Waals surface area (Å²) in [5, 5.41) is 0.835. The number of aryl methyl sites for hydroxylation is 3. The van der Waals surface area contributed by atoms with Crippen LogP contribution in [-0.4, -0.2) is 60.9 Å². The van der Waals surface area contributed by atoms with E-state index in [9.17, 15) is 4.79 Å². The molecule has 1 aromatic heterocycles. The van der Waals surface area contributed by atoms with E-state index in [1.54, 1.807) is 11.3 Å². The number of thioether (sulfide) groups is 1. The number of carbonyl (C=O) groups is 1. The lowest BCUT2D eigenvalue weighted by Gasteiger charge is -2.27. The van der Waals surface area contributed by atoms with Gasteiger partial charge >= 0.3 is 0 Å². The zero-order valence-corrected chi connectivity index (χ0v) is 23.4. The Bertz CT molecular complexity index is 1100. The van der Waals surface area contributed by atoms with E-state index in [1.807, 2.05) is 16.7 Å². The van der Waals surface area contributed by atoms with E-state index >= 15 is 0 Å². The number of hydrogen-bond donors (Lipinski definition) is 0. The summed E-state index contributed by atoms with van der Waals surface area (Å²) in [6.45, 7) is 11.6. The summed E-state index contributed by atoms with van der Waals surface area (Å²) in [5.74, 6) is 1.12. The highest BCUT2D eigenvalue weighted by atomic mass is 35.5. The molecule has 0 saturated carbocycles. The van der Waals surface area contributed by atoms with Gasteiger partial charge in [-0.3, -0.25) is 14.6 Å². The predicted molar refractivity (Wildman–Crippen MR) is 152 cm³/mol. The predicted octanol–water partition coefficient (Wildman–Crippen LogP) is 6.27. The first-order chi connectivity index (χ1) is 16.5. The van der Waals surface area contributed by atoms with Gasteiger partial charge in [-0.2, -0.15) is 0 Å². The van der Waals surface area contributed by atoms with Crippen molar-refractivity contribution in [2.45, 2.75) is 44.9 Å². The summed E-state index contributed by atoms with van der Waals surface area (Å²) in [4.78, 5) is 23.9. The fraction of sp³-hybridized carbons (Fsp3) is 0.481. The molecule has 3 aromatic rings. The molecule has 0 aliphatic carbocycles. The summed E-state index contributed by atoms with van der Waals surface area (Å²) in [6.07, 6.45) is 2.35. The fourth-order valence-corrected chi connectivity index (χ4v) is 6.04. The Morgan fingerprint density at radius 1 is 1.09 bits per heavy atom. The van der Waals surface area contributed by atoms with Crippen LogP contribution in [-0.2, 0) is 9.53 Å². The maximum absolute atomic E-state index is 13.4. The third-order valence-corrected chi connectivity index (χ3v) is 8.53. The Hall–Kier alpha value is -1.64. The van der Waals surface area contributed by atoms with Gasteiger partial charge in [-0.05, 0) is 68.7 Å². The standard InChI is InChI=1S/C27H35N3O2S2.ClH/c1-20-7-10-23(11-8-20)33-19-4-6-25(31)30(14-5-13-29-15-17-32-18-16-29)27-28-26-22(3)21(2)9-12-24(26)34-27;/h7-12H,4-6,13-19H2,1-3H3;1H. The number of thiazole rings is 1. The van der Waals surface area contributed by atoms with Gasteiger partial charge in [-0.1, -0.05) is 35.1 Å². The Labute approximate surface area is 223 Å². The zero-order valence-electron chi connectivity index (χ0n) is 20.9. The van der Waals surface area contributed by atoms with Crippen molar-refractivity contribution in [3.05, 3.63) is 53.1 Å². The summed E-state index contributed by atoms with van der Waals surface area (Å²) in [5.41, 5.74) is 4.74. The molecule has 4 rings (SSSR count). The topological polar surface area (TPSA) is 45.7 Å². The van der Waals surface area contributed by atoms with Crippen molar-refractivity contribution in [1.29, 1.82) is 0 Å². The minimum atomic E-state index is 0. The smallest absolute Gasteiger partial charge is 0.228 e. The van der Waals surface area contributed by atoms with Crippen molar-refractivity contribution in [3.63, 3.8) is 0 Å². The summed E-state index contributed by atoms with van der Waals surface area (Å²) < 4.78 is 6.62. The third-order valence-electron chi connectivity index (χ3n) is 6.39. The van der Waals surface area contributed by atoms with Crippen molar-refractivity contribution in [2.24, 2.45) is 0 Å². The molecule has 1 saturated heterocycles. The molecule has 0 atom stereocenters. The summed E-state index contributed by atoms with van der Waals surface area (Å²) >= 11 is 3.46. The number of fused-ring (bicyclic) bond motifs is 1. The number of carbonyl (C=O) groups excluding carboxylic acids is 1. The second-order valence-corrected chi connectivity index (χ2v) is 11.1. The van der Waals surface area contributed by atoms with Crippen molar-refractivity contribution in [3.8, 4) is 0 Å². The van der Waals surface area contributed by atoms with Gasteiger partial charge < -0.3 is 4.74 Å². The van der Waals surface area contributed by atoms with Crippen LogP contribution in [0.2, 0.25) is 0 Å². The van der Waals surface area contributed by atoms with Crippen molar-refractivity contribution < 1.29 is 9.53 Å². The number of hydrogen-bond acceptors (Lipinski definition) is 6. The lowest BCUT2D eigenvalue weighted by atomic mass is 10.1. The lowest BCUT2D eigenvalue weighted by Crippen LogP contribution is -2.39. The third kappa shape index (κ3) is 7.67. The molecule has 2 aromatic carbocycles. The highest BCUT2D eigenvalue weighted by Gasteiger charge is 2.21. The number of nitrogens with zero attached hydrogens (tertiary/aromatic N) is 3. The number of amides is 1. The van der Waals surface area contributed by atoms with Crippen LogP contribution in [0.5, 0.6) is 0 Å². The molecular formula is C27H36ClN3O2S2. The van der Waals surface area contributed by atoms with Crippen molar-refractivity contribution >= 4 is 56.8 Å². The molecule has 190 valence electrons. The molecule has 0 bridgehead atoms. The number of halogens is 1. The average molecular weight is 534 g/mol. The summed E-state index contributed by atoms with van der Waals surface area (Å²) in [6, 6.07) is 12.9. The molecule has 1 aliphatic rings. The van der Waals surface area contributed by atoms with Gasteiger partial charge in [0.15, 0.2) is 5.13 Å². The van der Waals surface area contributed by atoms with Crippen LogP contribution in [0.25, 0.3) is 10.2 Å². The van der Waals surface area contributed by atoms with E-state index in [-0.39, 0.29) is 18.3 Å². The second kappa shape index (κ2) is 13.6. The molecule has 8 heteroatoms. The monoisotopic (exact) mass is 533 g/mol. The van der Waals surface area contributed by atoms with Crippen LogP contribution in [0, 0.1) is 20.8 Å². The van der Waals surface area contributed by atoms with Crippen molar-refractivity contribution in [1.82, 2.24) is 9.88 Å². The van der Waals surface area contributed by atoms with E-state index in [1.165, 1.54) is 21.6 Å². The van der Waals surface area contributed by atoms with Crippen LogP contribution in [0.3, 0.4) is 0 Å². The number of rotatable bonds is 10. The first kappa shape index (κ1) is 27.9. The minimum absolute atomic E-state index is 0. The van der Waals surface area contributed by atoms with Gasteiger partial charge in [-0.15, -0.1) is 24.2 Å². The molecule has 0 unspecified atom stereocenters. The number of benzene rings is 2. The van der Waals surface area contributed by atoms with Crippen LogP contribution in [0.4, 0.5) is 5.13 Å². The van der Waals surface area contributed by atoms with Crippen LogP contribution < -0.4 is 4.90 Å². The van der Waals surface area contributed by atoms with E-state index in [4.69, 9.17) is 9.72 Å². The normalized spacial score (nSPS) is 14.1. The first-order valence-corrected chi connectivity index (χ1v) is 14.0. The van der Waals surface area contributed by atoms with Gasteiger partial charge in [0.25, 0.3) is 0 Å². The molecule has 0 spiro atoms. The molecule has 2 heterocycles. The van der Waals surface area contributed by atoms with E-state index in [2.05, 4.69) is 62.1 Å². The number of morpholine rings is 1. The fourth-order valence-electron chi connectivity index (χ4n) is 4.12. The van der Waals surface area contributed by atoms with Gasteiger partial charge in [-0.25, -0.2) is 4.98 Å². The zero-order chi connectivity index (χ0) is 23.9. The molecule has 1 fully saturated rings. The average Bonchev–Trinajstić information content (AvgIpc) is 3.28. The second-order valence-electron chi connectivity index (χ2n) is 8.97. The Kier molecular flexibility index (Phi) is 10.9. The SMILES string of the molecule is Cc1ccc(SCCCC(=O)N(CCCN2CCOCC2)c2nc3c(C)c(C)ccc3s2)cc1.Cl. The van der Waals surface area contributed by atoms with Gasteiger partial charge in [0.05, 0.1) is 23.4 Å². The Morgan fingerprint density at radius 2 is 1.83 bits per heavy atom. The molecule has 5 nitrogen and oxygen atoms in total. The van der Waals surface area contributed by atoms with Crippen molar-refractivity contribution in [2.75, 3.05) is 50.0 Å². The van der Waals surface area contributed by atoms with Gasteiger partial charge in [0.2, 0.25) is 5.91 Å². The molecule has 0 N–H and O–H groups in total. The molecule has 0 radical (unpaired) electrons. The maximum Gasteiger partial charge on any atom is 0.228 e. The van der Waals surface area contributed by atoms with Crippen LogP contribution >= 0.6 is 35.5 Å². The number of anilines is 1. The molecular weight excluding hydrogens is 498 g/mol. The first-order valence-electron chi connectivity index (χ1n) is 12.2. The van der Waals surface area contributed by atoms with Gasteiger partial charge in [0, 0.05) is 37.5 Å². The Balaban J connectivity index is 0.00000342. The van der Waals surface area contributed by atoms with Gasteiger partial charge in [0.1, 0.15) is 0 Å². The van der Waals surface area contributed by atoms with E-state index in [0.29, 0.717) is 13.0 Å². The number of aromatic nitrogens is 1. The van der Waals surface area contributed by atoms with E-state index in [0.717, 1.165) is 66.8 Å². The van der Waals surface area contributed by atoms with E-state index < -0.39 is 0 Å². The molecule has 1 aliphatic heterocycles. The highest BCUT2D eigenvalue weighted by Crippen LogP contribution is 2.32. The summed E-state index contributed by atoms with van der Waals surface area (Å²) in [7, 11) is 0. The lowest BCUT2D eigenvalue weighted by molar-refractivity contribution is -0.118.